The lowest BCUT2D eigenvalue weighted by molar-refractivity contribution is -0.139. The molecule has 0 aromatic heterocycles. The zero-order chi connectivity index (χ0) is 11.3. The lowest BCUT2D eigenvalue weighted by Crippen LogP contribution is -2.33. The molecule has 0 amide bonds. The summed E-state index contributed by atoms with van der Waals surface area (Å²) in [6, 6.07) is 0. The van der Waals surface area contributed by atoms with Gasteiger partial charge in [-0.25, -0.2) is 0 Å². The lowest BCUT2D eigenvalue weighted by Gasteiger charge is -2.16. The molecule has 1 saturated carbocycles. The molecule has 0 aliphatic heterocycles. The zero-order valence-electron chi connectivity index (χ0n) is 8.78. The van der Waals surface area contributed by atoms with Crippen LogP contribution >= 0.6 is 0 Å². The first-order valence-electron chi connectivity index (χ1n) is 5.29. The molecule has 0 aromatic rings. The predicted octanol–water partition coefficient (Wildman–Crippen LogP) is -0.426. The van der Waals surface area contributed by atoms with Crippen molar-refractivity contribution < 1.29 is 20.1 Å². The van der Waals surface area contributed by atoms with Crippen molar-refractivity contribution in [3.63, 3.8) is 0 Å². The van der Waals surface area contributed by atoms with Crippen molar-refractivity contribution >= 4 is 5.97 Å². The van der Waals surface area contributed by atoms with Gasteiger partial charge in [0.15, 0.2) is 0 Å². The maximum Gasteiger partial charge on any atom is 0.306 e. The fourth-order valence-corrected chi connectivity index (χ4v) is 1.71. The lowest BCUT2D eigenvalue weighted by atomic mass is 10.0. The Hall–Kier alpha value is -0.650. The number of carboxylic acids is 1. The number of aliphatic hydroxyl groups is 2. The van der Waals surface area contributed by atoms with Gasteiger partial charge < -0.3 is 20.6 Å². The normalized spacial score (nSPS) is 19.9. The Morgan fingerprint density at radius 2 is 2.13 bits per heavy atom. The van der Waals surface area contributed by atoms with E-state index in [9.17, 15) is 9.90 Å². The third-order valence-corrected chi connectivity index (χ3v) is 2.89. The van der Waals surface area contributed by atoms with Gasteiger partial charge in [0.05, 0.1) is 12.5 Å². The number of carboxylic acid groups (broad SMARTS) is 1. The van der Waals surface area contributed by atoms with Gasteiger partial charge in [-0.1, -0.05) is 0 Å². The third-order valence-electron chi connectivity index (χ3n) is 2.89. The molecule has 1 rings (SSSR count). The van der Waals surface area contributed by atoms with Crippen LogP contribution in [-0.2, 0) is 4.79 Å². The maximum atomic E-state index is 10.3. The molecule has 5 nitrogen and oxygen atoms in total. The summed E-state index contributed by atoms with van der Waals surface area (Å²) in [5.74, 6) is -0.985. The Morgan fingerprint density at radius 3 is 2.60 bits per heavy atom. The highest BCUT2D eigenvalue weighted by molar-refractivity contribution is 5.67. The second-order valence-corrected chi connectivity index (χ2v) is 4.36. The monoisotopic (exact) mass is 217 g/mol. The Balaban J connectivity index is 2.08. The van der Waals surface area contributed by atoms with Crippen molar-refractivity contribution in [2.24, 2.45) is 5.41 Å². The molecule has 4 N–H and O–H groups in total. The first-order valence-corrected chi connectivity index (χ1v) is 5.29. The van der Waals surface area contributed by atoms with Crippen LogP contribution in [0, 0.1) is 5.41 Å². The van der Waals surface area contributed by atoms with E-state index in [2.05, 4.69) is 5.32 Å². The van der Waals surface area contributed by atoms with E-state index in [-0.39, 0.29) is 18.4 Å². The number of rotatable bonds is 8. The van der Waals surface area contributed by atoms with Gasteiger partial charge in [0.1, 0.15) is 0 Å². The predicted molar refractivity (Wildman–Crippen MR) is 54.5 cm³/mol. The molecule has 0 bridgehead atoms. The molecule has 1 aliphatic rings. The van der Waals surface area contributed by atoms with E-state index in [0.717, 1.165) is 25.8 Å². The molecule has 1 unspecified atom stereocenters. The van der Waals surface area contributed by atoms with E-state index in [4.69, 9.17) is 10.2 Å². The van der Waals surface area contributed by atoms with Gasteiger partial charge in [-0.05, 0) is 24.7 Å². The van der Waals surface area contributed by atoms with Crippen LogP contribution in [0.15, 0.2) is 0 Å². The van der Waals surface area contributed by atoms with Gasteiger partial charge in [-0.15, -0.1) is 0 Å². The molecule has 0 heterocycles. The van der Waals surface area contributed by atoms with E-state index in [1.165, 1.54) is 0 Å². The van der Waals surface area contributed by atoms with E-state index >= 15 is 0 Å². The Kier molecular flexibility index (Phi) is 4.50. The minimum atomic E-state index is -0.985. The fourth-order valence-electron chi connectivity index (χ4n) is 1.71. The molecule has 1 atom stereocenters. The average Bonchev–Trinajstić information content (AvgIpc) is 2.84. The van der Waals surface area contributed by atoms with Gasteiger partial charge in [-0.2, -0.15) is 0 Å². The molecule has 0 saturated heterocycles. The summed E-state index contributed by atoms with van der Waals surface area (Å²) in [7, 11) is 0. The number of carbonyl (C=O) groups is 1. The van der Waals surface area contributed by atoms with E-state index in [1.54, 1.807) is 0 Å². The number of hydrogen-bond acceptors (Lipinski definition) is 4. The molecule has 15 heavy (non-hydrogen) atoms. The molecule has 0 radical (unpaired) electrons. The Morgan fingerprint density at radius 1 is 1.47 bits per heavy atom. The summed E-state index contributed by atoms with van der Waals surface area (Å²) in [5, 5.41) is 29.6. The second kappa shape index (κ2) is 5.44. The summed E-state index contributed by atoms with van der Waals surface area (Å²) < 4.78 is 0. The molecule has 0 aromatic carbocycles. The van der Waals surface area contributed by atoms with Crippen molar-refractivity contribution in [1.29, 1.82) is 0 Å². The topological polar surface area (TPSA) is 89.8 Å². The molecular weight excluding hydrogens is 198 g/mol. The first-order chi connectivity index (χ1) is 7.08. The highest BCUT2D eigenvalue weighted by Crippen LogP contribution is 2.47. The smallest absolute Gasteiger partial charge is 0.306 e. The summed E-state index contributed by atoms with van der Waals surface area (Å²) in [4.78, 5) is 10.3. The number of aliphatic hydroxyl groups excluding tert-OH is 2. The van der Waals surface area contributed by atoms with Crippen molar-refractivity contribution in [2.45, 2.75) is 31.8 Å². The quantitative estimate of drug-likeness (QED) is 0.443. The molecule has 0 spiro atoms. The van der Waals surface area contributed by atoms with Gasteiger partial charge in [0.25, 0.3) is 0 Å². The number of nitrogens with one attached hydrogen (secondary N) is 1. The van der Waals surface area contributed by atoms with E-state index in [1.807, 2.05) is 0 Å². The summed E-state index contributed by atoms with van der Waals surface area (Å²) in [5.41, 5.74) is 0.206. The minimum Gasteiger partial charge on any atom is -0.481 e. The highest BCUT2D eigenvalue weighted by atomic mass is 16.4. The van der Waals surface area contributed by atoms with Crippen molar-refractivity contribution in [3.8, 4) is 0 Å². The van der Waals surface area contributed by atoms with Crippen molar-refractivity contribution in [3.05, 3.63) is 0 Å². The molecule has 88 valence electrons. The Bertz CT molecular complexity index is 215. The van der Waals surface area contributed by atoms with E-state index in [0.29, 0.717) is 6.54 Å². The fraction of sp³-hybridized carbons (Fsp3) is 0.900. The maximum absolute atomic E-state index is 10.3. The van der Waals surface area contributed by atoms with Crippen LogP contribution in [-0.4, -0.2) is 47.1 Å². The second-order valence-electron chi connectivity index (χ2n) is 4.36. The summed E-state index contributed by atoms with van der Waals surface area (Å²) in [6.07, 6.45) is 1.95. The van der Waals surface area contributed by atoms with Crippen LogP contribution in [0.3, 0.4) is 0 Å². The largest absolute Gasteiger partial charge is 0.481 e. The van der Waals surface area contributed by atoms with Gasteiger partial charge in [0, 0.05) is 19.7 Å². The SMILES string of the molecule is O=C(O)CC(O)CNCC1(CCO)CC1. The van der Waals surface area contributed by atoms with Crippen LogP contribution in [0.1, 0.15) is 25.7 Å². The summed E-state index contributed by atoms with van der Waals surface area (Å²) >= 11 is 0. The van der Waals surface area contributed by atoms with Crippen LogP contribution in [0.2, 0.25) is 0 Å². The van der Waals surface area contributed by atoms with Crippen LogP contribution < -0.4 is 5.32 Å². The van der Waals surface area contributed by atoms with E-state index < -0.39 is 12.1 Å². The molecular formula is C10H19NO4. The average molecular weight is 217 g/mol. The molecule has 1 aliphatic carbocycles. The Labute approximate surface area is 89.1 Å². The molecule has 5 heteroatoms. The minimum absolute atomic E-state index is 0.194. The standard InChI is InChI=1S/C10H19NO4/c12-4-3-10(1-2-10)7-11-6-8(13)5-9(14)15/h8,11-13H,1-7H2,(H,14,15). The number of aliphatic carboxylic acids is 1. The van der Waals surface area contributed by atoms with Gasteiger partial charge >= 0.3 is 5.97 Å². The first kappa shape index (κ1) is 12.4. The third kappa shape index (κ3) is 4.59. The van der Waals surface area contributed by atoms with Crippen molar-refractivity contribution in [2.75, 3.05) is 19.7 Å². The van der Waals surface area contributed by atoms with Crippen molar-refractivity contribution in [1.82, 2.24) is 5.32 Å². The van der Waals surface area contributed by atoms with Crippen LogP contribution in [0.4, 0.5) is 0 Å². The number of hydrogen-bond donors (Lipinski definition) is 4. The van der Waals surface area contributed by atoms with Gasteiger partial charge in [-0.3, -0.25) is 4.79 Å². The molecule has 1 fully saturated rings. The highest BCUT2D eigenvalue weighted by Gasteiger charge is 2.41. The summed E-state index contributed by atoms with van der Waals surface area (Å²) in [6.45, 7) is 1.25. The van der Waals surface area contributed by atoms with Crippen LogP contribution in [0.5, 0.6) is 0 Å². The zero-order valence-corrected chi connectivity index (χ0v) is 8.78. The van der Waals surface area contributed by atoms with Crippen LogP contribution in [0.25, 0.3) is 0 Å². The van der Waals surface area contributed by atoms with Gasteiger partial charge in [0.2, 0.25) is 0 Å².